The molecule has 7 heteroatoms. The Hall–Kier alpha value is -3.06. The number of hydroxylamine groups is 1. The molecular formula is C22H26N4O3. The van der Waals surface area contributed by atoms with Gasteiger partial charge in [0, 0.05) is 37.2 Å². The number of amides is 2. The van der Waals surface area contributed by atoms with E-state index in [4.69, 9.17) is 15.7 Å². The van der Waals surface area contributed by atoms with Crippen LogP contribution in [0.1, 0.15) is 36.2 Å². The van der Waals surface area contributed by atoms with E-state index >= 15 is 0 Å². The number of rotatable bonds is 2. The van der Waals surface area contributed by atoms with Crippen LogP contribution < -0.4 is 16.0 Å². The topological polar surface area (TPSA) is 101 Å². The van der Waals surface area contributed by atoms with E-state index in [9.17, 15) is 4.79 Å². The molecule has 2 aliphatic rings. The van der Waals surface area contributed by atoms with Gasteiger partial charge in [-0.1, -0.05) is 12.1 Å². The standard InChI is InChI=1S/C22H26N4O3/c1-15-19(4-3-18(24-15)7-11-23)16-2-5-20-17(14-16)6-8-22(29-20)9-12-26(13-10-22)21(27)25-28/h2-5,7,11,14,28H,6,8-10,12-13,23H2,1H3,(H,25,27). The van der Waals surface area contributed by atoms with Gasteiger partial charge >= 0.3 is 6.03 Å². The van der Waals surface area contributed by atoms with Crippen molar-refractivity contribution in [1.29, 1.82) is 0 Å². The fourth-order valence-electron chi connectivity index (χ4n) is 4.31. The van der Waals surface area contributed by atoms with Gasteiger partial charge < -0.3 is 15.4 Å². The second-order valence-corrected chi connectivity index (χ2v) is 7.74. The lowest BCUT2D eigenvalue weighted by Gasteiger charge is -2.44. The molecule has 1 aromatic heterocycles. The maximum atomic E-state index is 11.6. The number of hydrogen-bond donors (Lipinski definition) is 3. The number of fused-ring (bicyclic) bond motifs is 1. The molecule has 152 valence electrons. The van der Waals surface area contributed by atoms with Gasteiger partial charge in [0.05, 0.1) is 5.69 Å². The highest BCUT2D eigenvalue weighted by Gasteiger charge is 2.40. The quantitative estimate of drug-likeness (QED) is 0.536. The molecule has 0 atom stereocenters. The molecule has 7 nitrogen and oxygen atoms in total. The normalized spacial score (nSPS) is 17.8. The van der Waals surface area contributed by atoms with E-state index in [1.165, 1.54) is 11.8 Å². The molecule has 0 bridgehead atoms. The number of nitrogens with one attached hydrogen (secondary N) is 1. The average molecular weight is 394 g/mol. The van der Waals surface area contributed by atoms with Crippen LogP contribution in [0.2, 0.25) is 0 Å². The van der Waals surface area contributed by atoms with Gasteiger partial charge in [0.15, 0.2) is 0 Å². The van der Waals surface area contributed by atoms with Crippen LogP contribution in [-0.2, 0) is 6.42 Å². The molecule has 0 saturated carbocycles. The summed E-state index contributed by atoms with van der Waals surface area (Å²) in [5.74, 6) is 0.924. The summed E-state index contributed by atoms with van der Waals surface area (Å²) in [5, 5.41) is 8.81. The van der Waals surface area contributed by atoms with E-state index in [1.807, 2.05) is 19.1 Å². The Morgan fingerprint density at radius 3 is 2.76 bits per heavy atom. The van der Waals surface area contributed by atoms with Crippen molar-refractivity contribution in [3.05, 3.63) is 53.5 Å². The van der Waals surface area contributed by atoms with Crippen molar-refractivity contribution >= 4 is 12.1 Å². The van der Waals surface area contributed by atoms with Gasteiger partial charge in [-0.05, 0) is 61.4 Å². The summed E-state index contributed by atoms with van der Waals surface area (Å²) < 4.78 is 6.43. The number of aryl methyl sites for hydroxylation is 2. The number of piperidine rings is 1. The first-order valence-corrected chi connectivity index (χ1v) is 9.91. The highest BCUT2D eigenvalue weighted by atomic mass is 16.5. The first-order chi connectivity index (χ1) is 14.0. The molecule has 0 aliphatic carbocycles. The minimum Gasteiger partial charge on any atom is -0.487 e. The first kappa shape index (κ1) is 19.3. The molecule has 0 unspecified atom stereocenters. The lowest BCUT2D eigenvalue weighted by Crippen LogP contribution is -2.52. The molecule has 3 heterocycles. The summed E-state index contributed by atoms with van der Waals surface area (Å²) in [6.07, 6.45) is 6.67. The van der Waals surface area contributed by atoms with Crippen molar-refractivity contribution in [2.24, 2.45) is 5.73 Å². The third kappa shape index (κ3) is 3.78. The lowest BCUT2D eigenvalue weighted by molar-refractivity contribution is -0.00877. The monoisotopic (exact) mass is 394 g/mol. The zero-order valence-corrected chi connectivity index (χ0v) is 16.5. The van der Waals surface area contributed by atoms with Crippen LogP contribution in [0, 0.1) is 6.92 Å². The SMILES string of the molecule is Cc1nc(C=CN)ccc1-c1ccc2c(c1)CCC1(CCN(C(=O)NO)CC1)O2. The van der Waals surface area contributed by atoms with E-state index < -0.39 is 6.03 Å². The van der Waals surface area contributed by atoms with Crippen LogP contribution in [0.25, 0.3) is 17.2 Å². The Kier molecular flexibility index (Phi) is 5.15. The lowest BCUT2D eigenvalue weighted by atomic mass is 9.82. The minimum atomic E-state index is -0.447. The van der Waals surface area contributed by atoms with Gasteiger partial charge in [-0.3, -0.25) is 10.2 Å². The molecule has 29 heavy (non-hydrogen) atoms. The van der Waals surface area contributed by atoms with Crippen LogP contribution in [0.4, 0.5) is 4.79 Å². The predicted molar refractivity (Wildman–Crippen MR) is 110 cm³/mol. The molecule has 2 aliphatic heterocycles. The summed E-state index contributed by atoms with van der Waals surface area (Å²) in [6, 6.07) is 9.91. The van der Waals surface area contributed by atoms with Crippen LogP contribution in [0.15, 0.2) is 36.5 Å². The summed E-state index contributed by atoms with van der Waals surface area (Å²) in [4.78, 5) is 17.8. The minimum absolute atomic E-state index is 0.228. The van der Waals surface area contributed by atoms with Crippen molar-refractivity contribution in [2.75, 3.05) is 13.1 Å². The average Bonchev–Trinajstić information content (AvgIpc) is 2.74. The van der Waals surface area contributed by atoms with Gasteiger partial charge in [0.25, 0.3) is 0 Å². The molecular weight excluding hydrogens is 368 g/mol. The van der Waals surface area contributed by atoms with Crippen LogP contribution in [-0.4, -0.2) is 39.8 Å². The predicted octanol–water partition coefficient (Wildman–Crippen LogP) is 3.24. The molecule has 1 saturated heterocycles. The number of carbonyl (C=O) groups is 1. The van der Waals surface area contributed by atoms with E-state index in [1.54, 1.807) is 16.5 Å². The number of pyridine rings is 1. The Morgan fingerprint density at radius 1 is 1.28 bits per heavy atom. The summed E-state index contributed by atoms with van der Waals surface area (Å²) in [5.41, 5.74) is 12.2. The van der Waals surface area contributed by atoms with Crippen molar-refractivity contribution in [3.63, 3.8) is 0 Å². The number of aromatic nitrogens is 1. The summed E-state index contributed by atoms with van der Waals surface area (Å²) in [7, 11) is 0. The zero-order chi connectivity index (χ0) is 20.4. The van der Waals surface area contributed by atoms with Crippen LogP contribution in [0.3, 0.4) is 0 Å². The molecule has 4 N–H and O–H groups in total. The molecule has 2 aromatic rings. The molecule has 1 fully saturated rings. The first-order valence-electron chi connectivity index (χ1n) is 9.91. The number of likely N-dealkylation sites (tertiary alicyclic amines) is 1. The number of urea groups is 1. The van der Waals surface area contributed by atoms with Crippen molar-refractivity contribution in [3.8, 4) is 16.9 Å². The Labute approximate surface area is 170 Å². The molecule has 0 radical (unpaired) electrons. The van der Waals surface area contributed by atoms with Crippen molar-refractivity contribution in [2.45, 2.75) is 38.2 Å². The van der Waals surface area contributed by atoms with Gasteiger partial charge in [-0.25, -0.2) is 10.3 Å². The fourth-order valence-corrected chi connectivity index (χ4v) is 4.31. The molecule has 1 spiro atoms. The molecule has 1 aromatic carbocycles. The fraction of sp³-hybridized carbons (Fsp3) is 0.364. The Bertz CT molecular complexity index is 949. The third-order valence-electron chi connectivity index (χ3n) is 5.98. The van der Waals surface area contributed by atoms with E-state index in [0.717, 1.165) is 53.9 Å². The third-order valence-corrected chi connectivity index (χ3v) is 5.98. The zero-order valence-electron chi connectivity index (χ0n) is 16.5. The maximum absolute atomic E-state index is 11.6. The highest BCUT2D eigenvalue weighted by molar-refractivity contribution is 5.73. The molecule has 2 amide bonds. The van der Waals surface area contributed by atoms with Crippen molar-refractivity contribution < 1.29 is 14.7 Å². The van der Waals surface area contributed by atoms with E-state index in [2.05, 4.69) is 23.2 Å². The largest absolute Gasteiger partial charge is 0.487 e. The Morgan fingerprint density at radius 2 is 2.07 bits per heavy atom. The second kappa shape index (κ2) is 7.75. The van der Waals surface area contributed by atoms with Crippen LogP contribution in [0.5, 0.6) is 5.75 Å². The van der Waals surface area contributed by atoms with E-state index in [0.29, 0.717) is 13.1 Å². The van der Waals surface area contributed by atoms with Gasteiger partial charge in [0.1, 0.15) is 11.4 Å². The number of nitrogens with two attached hydrogens (primary N) is 1. The Balaban J connectivity index is 1.52. The molecule has 4 rings (SSSR count). The number of hydrogen-bond acceptors (Lipinski definition) is 5. The van der Waals surface area contributed by atoms with Crippen LogP contribution >= 0.6 is 0 Å². The van der Waals surface area contributed by atoms with Gasteiger partial charge in [0.2, 0.25) is 0 Å². The smallest absolute Gasteiger partial charge is 0.341 e. The number of benzene rings is 1. The number of nitrogens with zero attached hydrogens (tertiary/aromatic N) is 2. The summed E-state index contributed by atoms with van der Waals surface area (Å²) in [6.45, 7) is 3.16. The van der Waals surface area contributed by atoms with Crippen molar-refractivity contribution in [1.82, 2.24) is 15.4 Å². The second-order valence-electron chi connectivity index (χ2n) is 7.74. The van der Waals surface area contributed by atoms with Gasteiger partial charge in [-0.15, -0.1) is 0 Å². The number of ether oxygens (including phenoxy) is 1. The number of carbonyl (C=O) groups excluding carboxylic acids is 1. The summed E-state index contributed by atoms with van der Waals surface area (Å²) >= 11 is 0. The van der Waals surface area contributed by atoms with E-state index in [-0.39, 0.29) is 5.60 Å². The highest BCUT2D eigenvalue weighted by Crippen LogP contribution is 2.41. The van der Waals surface area contributed by atoms with Gasteiger partial charge in [-0.2, -0.15) is 0 Å². The maximum Gasteiger partial charge on any atom is 0.341 e.